The molecule has 0 atom stereocenters. The van der Waals surface area contributed by atoms with Gasteiger partial charge in [0.15, 0.2) is 0 Å². The molecule has 0 aliphatic heterocycles. The second-order valence-electron chi connectivity index (χ2n) is 2.52. The number of nitrogens with one attached hydrogen (secondary N) is 1. The number of rotatable bonds is 1. The zero-order valence-electron chi connectivity index (χ0n) is 6.30. The van der Waals surface area contributed by atoms with Crippen molar-refractivity contribution >= 4 is 11.7 Å². The first-order valence-corrected chi connectivity index (χ1v) is 3.47. The largest absolute Gasteiger partial charge is 0.478 e. The lowest BCUT2D eigenvalue weighted by atomic mass is 9.94. The van der Waals surface area contributed by atoms with Gasteiger partial charge in [-0.1, -0.05) is 0 Å². The van der Waals surface area contributed by atoms with E-state index in [1.807, 2.05) is 0 Å². The second kappa shape index (κ2) is 3.30. The van der Waals surface area contributed by atoms with Crippen molar-refractivity contribution < 1.29 is 14.3 Å². The summed E-state index contributed by atoms with van der Waals surface area (Å²) in [4.78, 5) is 10.4. The molecular formula is C8H8FNO2. The highest BCUT2D eigenvalue weighted by Gasteiger charge is 2.16. The summed E-state index contributed by atoms with van der Waals surface area (Å²) in [5.74, 6) is -1.03. The van der Waals surface area contributed by atoms with E-state index in [0.29, 0.717) is 19.2 Å². The number of allylic oxidation sites excluding steroid dienone is 2. The average molecular weight is 169 g/mol. The minimum absolute atomic E-state index is 0.0406. The maximum absolute atomic E-state index is 12.0. The lowest BCUT2D eigenvalue weighted by molar-refractivity contribution is -0.132. The Morgan fingerprint density at radius 1 is 1.67 bits per heavy atom. The molecule has 1 aliphatic rings. The Labute approximate surface area is 68.7 Å². The van der Waals surface area contributed by atoms with E-state index in [2.05, 4.69) is 0 Å². The molecule has 64 valence electrons. The van der Waals surface area contributed by atoms with Crippen LogP contribution in [0, 0.1) is 5.41 Å². The van der Waals surface area contributed by atoms with Crippen molar-refractivity contribution in [3.63, 3.8) is 0 Å². The third-order valence-corrected chi connectivity index (χ3v) is 1.73. The van der Waals surface area contributed by atoms with Gasteiger partial charge in [0.05, 0.1) is 12.0 Å². The van der Waals surface area contributed by atoms with Crippen molar-refractivity contribution in [1.29, 1.82) is 5.41 Å². The van der Waals surface area contributed by atoms with Crippen LogP contribution in [0.3, 0.4) is 0 Å². The van der Waals surface area contributed by atoms with E-state index in [9.17, 15) is 9.18 Å². The summed E-state index contributed by atoms with van der Waals surface area (Å²) in [5.41, 5.74) is 0.395. The van der Waals surface area contributed by atoms with Crippen molar-refractivity contribution in [2.75, 3.05) is 0 Å². The highest BCUT2D eigenvalue weighted by molar-refractivity contribution is 6.11. The summed E-state index contributed by atoms with van der Waals surface area (Å²) in [6.07, 6.45) is 2.15. The van der Waals surface area contributed by atoms with Gasteiger partial charge in [-0.05, 0) is 18.9 Å². The Hall–Kier alpha value is -1.45. The molecule has 0 saturated heterocycles. The molecule has 0 unspecified atom stereocenters. The molecule has 0 bridgehead atoms. The van der Waals surface area contributed by atoms with E-state index in [1.165, 1.54) is 6.08 Å². The maximum atomic E-state index is 12.0. The summed E-state index contributed by atoms with van der Waals surface area (Å²) in [6, 6.07) is 0. The molecule has 3 nitrogen and oxygen atoms in total. The number of aliphatic carboxylic acids is 1. The van der Waals surface area contributed by atoms with Crippen molar-refractivity contribution in [2.45, 2.75) is 12.8 Å². The summed E-state index contributed by atoms with van der Waals surface area (Å²) >= 11 is 0. The molecule has 0 aromatic heterocycles. The van der Waals surface area contributed by atoms with Gasteiger partial charge in [-0.25, -0.2) is 9.18 Å². The third-order valence-electron chi connectivity index (χ3n) is 1.73. The summed E-state index contributed by atoms with van der Waals surface area (Å²) in [5, 5.41) is 15.8. The monoisotopic (exact) mass is 169 g/mol. The standard InChI is InChI=1S/C8H8FNO2/c9-4-6-2-1-5(8(11)12)3-7(6)10/h3-4,10H,1-2H2,(H,11,12)/b6-4+,10-7?. The minimum Gasteiger partial charge on any atom is -0.478 e. The summed E-state index contributed by atoms with van der Waals surface area (Å²) in [6.45, 7) is 0. The van der Waals surface area contributed by atoms with E-state index in [1.54, 1.807) is 0 Å². The Balaban J connectivity index is 2.89. The zero-order valence-corrected chi connectivity index (χ0v) is 6.30. The van der Waals surface area contributed by atoms with Gasteiger partial charge >= 0.3 is 5.97 Å². The van der Waals surface area contributed by atoms with E-state index in [-0.39, 0.29) is 16.9 Å². The molecule has 0 amide bonds. The maximum Gasteiger partial charge on any atom is 0.331 e. The van der Waals surface area contributed by atoms with Gasteiger partial charge in [-0.3, -0.25) is 0 Å². The van der Waals surface area contributed by atoms with Crippen LogP contribution in [0.25, 0.3) is 0 Å². The molecular weight excluding hydrogens is 161 g/mol. The lowest BCUT2D eigenvalue weighted by Gasteiger charge is -2.11. The normalized spacial score (nSPS) is 20.9. The number of hydrogen-bond donors (Lipinski definition) is 2. The smallest absolute Gasteiger partial charge is 0.331 e. The van der Waals surface area contributed by atoms with Crippen LogP contribution in [0.1, 0.15) is 12.8 Å². The summed E-state index contributed by atoms with van der Waals surface area (Å²) < 4.78 is 12.0. The molecule has 2 N–H and O–H groups in total. The van der Waals surface area contributed by atoms with Gasteiger partial charge in [0.25, 0.3) is 0 Å². The highest BCUT2D eigenvalue weighted by atomic mass is 19.1. The Bertz CT molecular complexity index is 291. The van der Waals surface area contributed by atoms with Crippen LogP contribution in [0.2, 0.25) is 0 Å². The first-order chi connectivity index (χ1) is 5.65. The number of hydrogen-bond acceptors (Lipinski definition) is 2. The van der Waals surface area contributed by atoms with E-state index < -0.39 is 5.97 Å². The van der Waals surface area contributed by atoms with Gasteiger partial charge in [-0.2, -0.15) is 0 Å². The van der Waals surface area contributed by atoms with Gasteiger partial charge in [-0.15, -0.1) is 0 Å². The molecule has 0 heterocycles. The topological polar surface area (TPSA) is 61.2 Å². The SMILES string of the molecule is N=C1C=C(C(=O)O)CC/C1=C\F. The molecule has 1 rings (SSSR count). The highest BCUT2D eigenvalue weighted by Crippen LogP contribution is 2.20. The van der Waals surface area contributed by atoms with Crippen LogP contribution in [0.5, 0.6) is 0 Å². The fourth-order valence-electron chi connectivity index (χ4n) is 1.03. The molecule has 0 aromatic carbocycles. The van der Waals surface area contributed by atoms with Gasteiger partial charge in [0.2, 0.25) is 0 Å². The quantitative estimate of drug-likeness (QED) is 0.627. The van der Waals surface area contributed by atoms with Crippen LogP contribution < -0.4 is 0 Å². The van der Waals surface area contributed by atoms with Crippen molar-refractivity contribution in [2.24, 2.45) is 0 Å². The predicted molar refractivity (Wildman–Crippen MR) is 41.9 cm³/mol. The molecule has 4 heteroatoms. The van der Waals surface area contributed by atoms with Crippen LogP contribution in [-0.4, -0.2) is 16.8 Å². The second-order valence-corrected chi connectivity index (χ2v) is 2.52. The van der Waals surface area contributed by atoms with Crippen molar-refractivity contribution in [3.05, 3.63) is 23.6 Å². The van der Waals surface area contributed by atoms with Crippen molar-refractivity contribution in [1.82, 2.24) is 0 Å². The summed E-state index contributed by atoms with van der Waals surface area (Å²) in [7, 11) is 0. The zero-order chi connectivity index (χ0) is 9.14. The molecule has 12 heavy (non-hydrogen) atoms. The average Bonchev–Trinajstić information content (AvgIpc) is 2.04. The van der Waals surface area contributed by atoms with E-state index in [0.717, 1.165) is 0 Å². The molecule has 0 saturated carbocycles. The molecule has 1 aliphatic carbocycles. The van der Waals surface area contributed by atoms with Crippen molar-refractivity contribution in [3.8, 4) is 0 Å². The lowest BCUT2D eigenvalue weighted by Crippen LogP contribution is -2.11. The van der Waals surface area contributed by atoms with Gasteiger partial charge in [0, 0.05) is 11.1 Å². The fraction of sp³-hybridized carbons (Fsp3) is 0.250. The number of halogens is 1. The Kier molecular flexibility index (Phi) is 2.38. The van der Waals surface area contributed by atoms with E-state index in [4.69, 9.17) is 10.5 Å². The van der Waals surface area contributed by atoms with E-state index >= 15 is 0 Å². The van der Waals surface area contributed by atoms with Crippen LogP contribution in [0.4, 0.5) is 4.39 Å². The molecule has 0 fully saturated rings. The van der Waals surface area contributed by atoms with Gasteiger partial charge in [0.1, 0.15) is 0 Å². The molecule has 0 spiro atoms. The fourth-order valence-corrected chi connectivity index (χ4v) is 1.03. The molecule has 0 aromatic rings. The van der Waals surface area contributed by atoms with Crippen LogP contribution in [0.15, 0.2) is 23.6 Å². The third kappa shape index (κ3) is 1.58. The minimum atomic E-state index is -1.03. The predicted octanol–water partition coefficient (Wildman–Crippen LogP) is 1.66. The first-order valence-electron chi connectivity index (χ1n) is 3.47. The number of carbonyl (C=O) groups is 1. The first kappa shape index (κ1) is 8.64. The van der Waals surface area contributed by atoms with Crippen LogP contribution in [-0.2, 0) is 4.79 Å². The van der Waals surface area contributed by atoms with Gasteiger partial charge < -0.3 is 10.5 Å². The number of carboxylic acid groups (broad SMARTS) is 1. The number of carboxylic acids is 1. The molecule has 0 radical (unpaired) electrons. The Morgan fingerprint density at radius 2 is 2.33 bits per heavy atom. The van der Waals surface area contributed by atoms with Crippen LogP contribution >= 0.6 is 0 Å². The Morgan fingerprint density at radius 3 is 2.75 bits per heavy atom.